The summed E-state index contributed by atoms with van der Waals surface area (Å²) in [5, 5.41) is 0. The highest BCUT2D eigenvalue weighted by Crippen LogP contribution is 2.11. The van der Waals surface area contributed by atoms with Crippen LogP contribution < -0.4 is 0 Å². The van der Waals surface area contributed by atoms with Gasteiger partial charge in [-0.25, -0.2) is 4.98 Å². The van der Waals surface area contributed by atoms with E-state index < -0.39 is 0 Å². The van der Waals surface area contributed by atoms with Crippen molar-refractivity contribution in [2.75, 3.05) is 0 Å². The SMILES string of the molecule is C=Cc1nc(C)oc1C=C. The van der Waals surface area contributed by atoms with Crippen LogP contribution in [0.3, 0.4) is 0 Å². The fourth-order valence-corrected chi connectivity index (χ4v) is 0.751. The molecule has 1 heterocycles. The van der Waals surface area contributed by atoms with Gasteiger partial charge in [-0.2, -0.15) is 0 Å². The lowest BCUT2D eigenvalue weighted by atomic mass is 10.3. The van der Waals surface area contributed by atoms with Crippen molar-refractivity contribution in [3.05, 3.63) is 30.5 Å². The van der Waals surface area contributed by atoms with Gasteiger partial charge in [0.1, 0.15) is 5.69 Å². The van der Waals surface area contributed by atoms with Gasteiger partial charge in [0, 0.05) is 6.92 Å². The van der Waals surface area contributed by atoms with E-state index in [0.29, 0.717) is 11.7 Å². The van der Waals surface area contributed by atoms with Crippen LogP contribution in [0, 0.1) is 6.92 Å². The molecule has 2 nitrogen and oxygen atoms in total. The van der Waals surface area contributed by atoms with Gasteiger partial charge in [-0.1, -0.05) is 13.2 Å². The third-order valence-corrected chi connectivity index (χ3v) is 1.17. The molecule has 0 spiro atoms. The summed E-state index contributed by atoms with van der Waals surface area (Å²) in [6.45, 7) is 8.95. The summed E-state index contributed by atoms with van der Waals surface area (Å²) < 4.78 is 5.15. The first-order chi connectivity index (χ1) is 4.77. The minimum atomic E-state index is 0.643. The van der Waals surface area contributed by atoms with Crippen LogP contribution in [0.1, 0.15) is 17.3 Å². The maximum Gasteiger partial charge on any atom is 0.192 e. The topological polar surface area (TPSA) is 26.0 Å². The lowest BCUT2D eigenvalue weighted by Gasteiger charge is -1.81. The molecule has 0 N–H and O–H groups in total. The summed E-state index contributed by atoms with van der Waals surface area (Å²) >= 11 is 0. The van der Waals surface area contributed by atoms with Crippen LogP contribution >= 0.6 is 0 Å². The minimum absolute atomic E-state index is 0.643. The molecule has 1 aromatic heterocycles. The zero-order chi connectivity index (χ0) is 7.56. The van der Waals surface area contributed by atoms with Gasteiger partial charge in [0.25, 0.3) is 0 Å². The van der Waals surface area contributed by atoms with E-state index >= 15 is 0 Å². The lowest BCUT2D eigenvalue weighted by Crippen LogP contribution is -1.72. The Hall–Kier alpha value is -1.31. The molecule has 0 unspecified atom stereocenters. The van der Waals surface area contributed by atoms with Gasteiger partial charge >= 0.3 is 0 Å². The zero-order valence-electron chi connectivity index (χ0n) is 5.92. The van der Waals surface area contributed by atoms with Crippen LogP contribution in [0.25, 0.3) is 12.2 Å². The average molecular weight is 135 g/mol. The molecule has 0 aliphatic rings. The van der Waals surface area contributed by atoms with E-state index in [1.165, 1.54) is 0 Å². The van der Waals surface area contributed by atoms with Crippen LogP contribution in [0.4, 0.5) is 0 Å². The Morgan fingerprint density at radius 1 is 1.40 bits per heavy atom. The second-order valence-corrected chi connectivity index (χ2v) is 1.89. The van der Waals surface area contributed by atoms with Crippen molar-refractivity contribution in [3.8, 4) is 0 Å². The summed E-state index contributed by atoms with van der Waals surface area (Å²) in [6.07, 6.45) is 3.27. The van der Waals surface area contributed by atoms with Crippen LogP contribution in [0.15, 0.2) is 17.6 Å². The minimum Gasteiger partial charge on any atom is -0.441 e. The van der Waals surface area contributed by atoms with Crippen molar-refractivity contribution in [1.29, 1.82) is 0 Å². The predicted octanol–water partition coefficient (Wildman–Crippen LogP) is 2.27. The van der Waals surface area contributed by atoms with Crippen LogP contribution in [-0.4, -0.2) is 4.98 Å². The molecule has 52 valence electrons. The summed E-state index contributed by atoms with van der Waals surface area (Å²) in [7, 11) is 0. The molecule has 0 amide bonds. The zero-order valence-corrected chi connectivity index (χ0v) is 5.92. The fourth-order valence-electron chi connectivity index (χ4n) is 0.751. The van der Waals surface area contributed by atoms with E-state index in [-0.39, 0.29) is 0 Å². The standard InChI is InChI=1S/C8H9NO/c1-4-7-8(5-2)10-6(3)9-7/h4-5H,1-2H2,3H3. The molecule has 2 heteroatoms. The Balaban J connectivity index is 3.20. The van der Waals surface area contributed by atoms with Gasteiger partial charge in [-0.05, 0) is 12.2 Å². The highest BCUT2D eigenvalue weighted by Gasteiger charge is 2.01. The molecule has 0 radical (unpaired) electrons. The Kier molecular flexibility index (Phi) is 1.71. The summed E-state index contributed by atoms with van der Waals surface area (Å²) in [5.74, 6) is 1.33. The van der Waals surface area contributed by atoms with Crippen LogP contribution in [-0.2, 0) is 0 Å². The van der Waals surface area contributed by atoms with E-state index in [1.807, 2.05) is 0 Å². The summed E-state index contributed by atoms with van der Waals surface area (Å²) in [4.78, 5) is 4.04. The molecule has 0 fully saturated rings. The van der Waals surface area contributed by atoms with Crippen LogP contribution in [0.5, 0.6) is 0 Å². The van der Waals surface area contributed by atoms with Crippen molar-refractivity contribution in [1.82, 2.24) is 4.98 Å². The monoisotopic (exact) mass is 135 g/mol. The lowest BCUT2D eigenvalue weighted by molar-refractivity contribution is 0.513. The second-order valence-electron chi connectivity index (χ2n) is 1.89. The highest BCUT2D eigenvalue weighted by molar-refractivity contribution is 5.55. The Morgan fingerprint density at radius 2 is 2.10 bits per heavy atom. The van der Waals surface area contributed by atoms with E-state index in [9.17, 15) is 0 Å². The molecule has 0 aliphatic heterocycles. The van der Waals surface area contributed by atoms with Crippen molar-refractivity contribution < 1.29 is 4.42 Å². The third-order valence-electron chi connectivity index (χ3n) is 1.17. The molecule has 0 aromatic carbocycles. The molecule has 0 atom stereocenters. The van der Waals surface area contributed by atoms with Gasteiger partial charge in [0.15, 0.2) is 11.7 Å². The molecule has 0 saturated carbocycles. The van der Waals surface area contributed by atoms with E-state index in [2.05, 4.69) is 18.1 Å². The first kappa shape index (κ1) is 6.81. The van der Waals surface area contributed by atoms with Crippen molar-refractivity contribution in [3.63, 3.8) is 0 Å². The van der Waals surface area contributed by atoms with E-state index in [4.69, 9.17) is 4.42 Å². The maximum absolute atomic E-state index is 5.15. The Bertz CT molecular complexity index is 235. The number of aryl methyl sites for hydroxylation is 1. The average Bonchev–Trinajstić information content (AvgIpc) is 2.30. The van der Waals surface area contributed by atoms with Gasteiger partial charge < -0.3 is 4.42 Å². The first-order valence-electron chi connectivity index (χ1n) is 3.00. The first-order valence-corrected chi connectivity index (χ1v) is 3.00. The molecule has 1 rings (SSSR count). The Labute approximate surface area is 59.9 Å². The number of aromatic nitrogens is 1. The van der Waals surface area contributed by atoms with Gasteiger partial charge in [-0.3, -0.25) is 0 Å². The highest BCUT2D eigenvalue weighted by atomic mass is 16.4. The van der Waals surface area contributed by atoms with Gasteiger partial charge in [-0.15, -0.1) is 0 Å². The van der Waals surface area contributed by atoms with Gasteiger partial charge in [0.2, 0.25) is 0 Å². The molecule has 0 bridgehead atoms. The summed E-state index contributed by atoms with van der Waals surface area (Å²) in [5.41, 5.74) is 0.757. The number of rotatable bonds is 2. The second kappa shape index (κ2) is 2.52. The normalized spacial score (nSPS) is 9.30. The Morgan fingerprint density at radius 3 is 2.50 bits per heavy atom. The molecule has 0 aliphatic carbocycles. The van der Waals surface area contributed by atoms with Crippen molar-refractivity contribution in [2.24, 2.45) is 0 Å². The summed E-state index contributed by atoms with van der Waals surface area (Å²) in [6, 6.07) is 0. The molecular formula is C8H9NO. The molecular weight excluding hydrogens is 126 g/mol. The molecule has 10 heavy (non-hydrogen) atoms. The van der Waals surface area contributed by atoms with Gasteiger partial charge in [0.05, 0.1) is 0 Å². The van der Waals surface area contributed by atoms with Crippen molar-refractivity contribution in [2.45, 2.75) is 6.92 Å². The number of nitrogens with zero attached hydrogens (tertiary/aromatic N) is 1. The number of oxazole rings is 1. The van der Waals surface area contributed by atoms with E-state index in [0.717, 1.165) is 5.69 Å². The van der Waals surface area contributed by atoms with E-state index in [1.54, 1.807) is 19.1 Å². The van der Waals surface area contributed by atoms with Crippen LogP contribution in [0.2, 0.25) is 0 Å². The predicted molar refractivity (Wildman–Crippen MR) is 41.4 cm³/mol. The third kappa shape index (κ3) is 1.00. The van der Waals surface area contributed by atoms with Crippen molar-refractivity contribution >= 4 is 12.2 Å². The number of hydrogen-bond acceptors (Lipinski definition) is 2. The molecule has 1 aromatic rings. The fraction of sp³-hybridized carbons (Fsp3) is 0.125. The molecule has 0 saturated heterocycles. The smallest absolute Gasteiger partial charge is 0.192 e. The quantitative estimate of drug-likeness (QED) is 0.621. The maximum atomic E-state index is 5.15. The number of hydrogen-bond donors (Lipinski definition) is 0. The largest absolute Gasteiger partial charge is 0.441 e.